The largest absolute Gasteiger partial charge is 0.393 e. The topological polar surface area (TPSA) is 75.9 Å². The molecular weight excluding hydrogens is 202 g/mol. The molecule has 0 saturated carbocycles. The molecule has 0 saturated heterocycles. The molecule has 0 bridgehead atoms. The Morgan fingerprint density at radius 2 is 2.00 bits per heavy atom. The Hall–Kier alpha value is -1.52. The van der Waals surface area contributed by atoms with Gasteiger partial charge in [-0.05, 0) is 20.3 Å². The maximum absolute atomic E-state index is 5.96. The van der Waals surface area contributed by atoms with Crippen LogP contribution in [0.2, 0.25) is 0 Å². The van der Waals surface area contributed by atoms with Crippen molar-refractivity contribution in [3.63, 3.8) is 0 Å². The zero-order chi connectivity index (χ0) is 12.0. The molecule has 0 spiro atoms. The highest BCUT2D eigenvalue weighted by Crippen LogP contribution is 2.22. The molecule has 5 nitrogen and oxygen atoms in total. The van der Waals surface area contributed by atoms with Crippen molar-refractivity contribution in [2.24, 2.45) is 0 Å². The minimum atomic E-state index is 0.306. The molecule has 1 rings (SSSR count). The molecule has 0 aliphatic heterocycles. The molecule has 0 unspecified atom stereocenters. The lowest BCUT2D eigenvalue weighted by atomic mass is 10.3. The first-order valence-corrected chi connectivity index (χ1v) is 5.76. The van der Waals surface area contributed by atoms with Crippen LogP contribution in [0.3, 0.4) is 0 Å². The Balaban J connectivity index is 2.70. The van der Waals surface area contributed by atoms with E-state index < -0.39 is 0 Å². The van der Waals surface area contributed by atoms with Gasteiger partial charge in [-0.3, -0.25) is 0 Å². The van der Waals surface area contributed by atoms with Crippen LogP contribution in [0.15, 0.2) is 6.33 Å². The second-order valence-electron chi connectivity index (χ2n) is 4.06. The van der Waals surface area contributed by atoms with E-state index in [0.29, 0.717) is 23.4 Å². The molecular formula is C11H21N5. The smallest absolute Gasteiger partial charge is 0.155 e. The van der Waals surface area contributed by atoms with Gasteiger partial charge in [0.05, 0.1) is 0 Å². The Labute approximate surface area is 96.9 Å². The second-order valence-corrected chi connectivity index (χ2v) is 4.06. The lowest BCUT2D eigenvalue weighted by Crippen LogP contribution is -2.15. The van der Waals surface area contributed by atoms with Gasteiger partial charge in [0.2, 0.25) is 0 Å². The Kier molecular flexibility index (Phi) is 4.82. The molecule has 0 fully saturated rings. The number of unbranched alkanes of at least 4 members (excludes halogenated alkanes) is 1. The average molecular weight is 223 g/mol. The molecule has 0 aliphatic rings. The minimum Gasteiger partial charge on any atom is -0.393 e. The third-order valence-electron chi connectivity index (χ3n) is 2.13. The van der Waals surface area contributed by atoms with E-state index in [9.17, 15) is 0 Å². The maximum Gasteiger partial charge on any atom is 0.155 e. The molecule has 0 atom stereocenters. The van der Waals surface area contributed by atoms with Crippen molar-refractivity contribution in [1.82, 2.24) is 9.97 Å². The van der Waals surface area contributed by atoms with Crippen LogP contribution < -0.4 is 16.4 Å². The molecule has 1 heterocycles. The minimum absolute atomic E-state index is 0.306. The van der Waals surface area contributed by atoms with Crippen molar-refractivity contribution in [2.75, 3.05) is 22.9 Å². The van der Waals surface area contributed by atoms with Crippen LogP contribution in [0.1, 0.15) is 33.6 Å². The summed E-state index contributed by atoms with van der Waals surface area (Å²) in [5.41, 5.74) is 6.55. The van der Waals surface area contributed by atoms with Crippen LogP contribution in [0.25, 0.3) is 0 Å². The lowest BCUT2D eigenvalue weighted by molar-refractivity contribution is 0.830. The van der Waals surface area contributed by atoms with Gasteiger partial charge in [-0.2, -0.15) is 0 Å². The monoisotopic (exact) mass is 223 g/mol. The van der Waals surface area contributed by atoms with Crippen LogP contribution in [0, 0.1) is 0 Å². The van der Waals surface area contributed by atoms with Gasteiger partial charge in [0, 0.05) is 12.6 Å². The number of anilines is 3. The highest BCUT2D eigenvalue weighted by Gasteiger charge is 2.07. The number of nitrogen functional groups attached to an aromatic ring is 1. The lowest BCUT2D eigenvalue weighted by Gasteiger charge is -2.14. The predicted molar refractivity (Wildman–Crippen MR) is 68.6 cm³/mol. The van der Waals surface area contributed by atoms with Crippen molar-refractivity contribution in [3.05, 3.63) is 6.33 Å². The number of rotatable bonds is 6. The quantitative estimate of drug-likeness (QED) is 0.644. The number of hydrogen-bond donors (Lipinski definition) is 3. The summed E-state index contributed by atoms with van der Waals surface area (Å²) in [7, 11) is 0. The fraction of sp³-hybridized carbons (Fsp3) is 0.636. The van der Waals surface area contributed by atoms with Gasteiger partial charge in [0.25, 0.3) is 0 Å². The number of aromatic nitrogens is 2. The van der Waals surface area contributed by atoms with Crippen molar-refractivity contribution in [2.45, 2.75) is 39.7 Å². The number of hydrogen-bond acceptors (Lipinski definition) is 5. The highest BCUT2D eigenvalue weighted by molar-refractivity contribution is 5.74. The van der Waals surface area contributed by atoms with Gasteiger partial charge in [0.15, 0.2) is 11.6 Å². The summed E-state index contributed by atoms with van der Waals surface area (Å²) in [6, 6.07) is 0.306. The normalized spacial score (nSPS) is 10.5. The first-order valence-electron chi connectivity index (χ1n) is 5.76. The van der Waals surface area contributed by atoms with Gasteiger partial charge in [-0.1, -0.05) is 13.3 Å². The molecule has 4 N–H and O–H groups in total. The van der Waals surface area contributed by atoms with E-state index >= 15 is 0 Å². The second kappa shape index (κ2) is 6.15. The fourth-order valence-corrected chi connectivity index (χ4v) is 1.31. The number of nitrogens with two attached hydrogens (primary N) is 1. The van der Waals surface area contributed by atoms with Crippen molar-refractivity contribution in [1.29, 1.82) is 0 Å². The van der Waals surface area contributed by atoms with Crippen LogP contribution in [0.5, 0.6) is 0 Å². The molecule has 0 radical (unpaired) electrons. The van der Waals surface area contributed by atoms with Gasteiger partial charge in [-0.15, -0.1) is 0 Å². The van der Waals surface area contributed by atoms with Gasteiger partial charge >= 0.3 is 0 Å². The predicted octanol–water partition coefficient (Wildman–Crippen LogP) is 2.09. The third-order valence-corrected chi connectivity index (χ3v) is 2.13. The summed E-state index contributed by atoms with van der Waals surface area (Å²) < 4.78 is 0. The van der Waals surface area contributed by atoms with E-state index in [1.807, 2.05) is 13.8 Å². The summed E-state index contributed by atoms with van der Waals surface area (Å²) in [4.78, 5) is 8.25. The molecule has 0 aliphatic carbocycles. The van der Waals surface area contributed by atoms with Crippen molar-refractivity contribution >= 4 is 17.3 Å². The SMILES string of the molecule is CCCCNc1ncnc(NC(C)C)c1N. The van der Waals surface area contributed by atoms with Crippen molar-refractivity contribution < 1.29 is 0 Å². The maximum atomic E-state index is 5.96. The van der Waals surface area contributed by atoms with Crippen LogP contribution in [-0.2, 0) is 0 Å². The van der Waals surface area contributed by atoms with E-state index in [1.165, 1.54) is 6.33 Å². The van der Waals surface area contributed by atoms with Crippen LogP contribution >= 0.6 is 0 Å². The summed E-state index contributed by atoms with van der Waals surface area (Å²) in [6.45, 7) is 7.13. The zero-order valence-electron chi connectivity index (χ0n) is 10.2. The molecule has 90 valence electrons. The molecule has 5 heteroatoms. The zero-order valence-corrected chi connectivity index (χ0v) is 10.2. The molecule has 16 heavy (non-hydrogen) atoms. The van der Waals surface area contributed by atoms with Gasteiger partial charge < -0.3 is 16.4 Å². The molecule has 0 amide bonds. The van der Waals surface area contributed by atoms with Crippen LogP contribution in [0.4, 0.5) is 17.3 Å². The molecule has 1 aromatic rings. The van der Waals surface area contributed by atoms with Crippen LogP contribution in [-0.4, -0.2) is 22.6 Å². The average Bonchev–Trinajstić information content (AvgIpc) is 2.23. The molecule has 1 aromatic heterocycles. The van der Waals surface area contributed by atoms with E-state index in [0.717, 1.165) is 19.4 Å². The van der Waals surface area contributed by atoms with Crippen molar-refractivity contribution in [3.8, 4) is 0 Å². The summed E-state index contributed by atoms with van der Waals surface area (Å²) >= 11 is 0. The van der Waals surface area contributed by atoms with E-state index in [-0.39, 0.29) is 0 Å². The Morgan fingerprint density at radius 3 is 2.62 bits per heavy atom. The fourth-order valence-electron chi connectivity index (χ4n) is 1.31. The van der Waals surface area contributed by atoms with Gasteiger partial charge in [-0.25, -0.2) is 9.97 Å². The Morgan fingerprint density at radius 1 is 1.31 bits per heavy atom. The number of nitrogens with zero attached hydrogens (tertiary/aromatic N) is 2. The number of nitrogens with one attached hydrogen (secondary N) is 2. The van der Waals surface area contributed by atoms with Gasteiger partial charge in [0.1, 0.15) is 12.0 Å². The van der Waals surface area contributed by atoms with E-state index in [2.05, 4.69) is 27.5 Å². The van der Waals surface area contributed by atoms with E-state index in [1.54, 1.807) is 0 Å². The first-order chi connectivity index (χ1) is 7.65. The van der Waals surface area contributed by atoms with E-state index in [4.69, 9.17) is 5.73 Å². The molecule has 0 aromatic carbocycles. The Bertz CT molecular complexity index is 324. The third kappa shape index (κ3) is 3.56. The summed E-state index contributed by atoms with van der Waals surface area (Å²) in [6.07, 6.45) is 3.78. The highest BCUT2D eigenvalue weighted by atomic mass is 15.1. The standard InChI is InChI=1S/C11H21N5/c1-4-5-6-13-10-9(12)11(15-7-14-10)16-8(2)3/h7-8H,4-6,12H2,1-3H3,(H2,13,14,15,16). The summed E-state index contributed by atoms with van der Waals surface area (Å²) in [5, 5.41) is 6.40. The first kappa shape index (κ1) is 12.5. The summed E-state index contributed by atoms with van der Waals surface area (Å²) in [5.74, 6) is 1.41.